The number of anilines is 3. The smallest absolute Gasteiger partial charge is 0.275 e. The van der Waals surface area contributed by atoms with E-state index in [1.165, 1.54) is 0 Å². The highest BCUT2D eigenvalue weighted by molar-refractivity contribution is 7.99. The largest absolute Gasteiger partial charge is 0.399 e. The minimum Gasteiger partial charge on any atom is -0.399 e. The van der Waals surface area contributed by atoms with Gasteiger partial charge in [0, 0.05) is 65.5 Å². The van der Waals surface area contributed by atoms with Crippen LogP contribution >= 0.6 is 23.5 Å². The molecule has 0 radical (unpaired) electrons. The lowest BCUT2D eigenvalue weighted by molar-refractivity contribution is -0.385. The van der Waals surface area contributed by atoms with Crippen molar-refractivity contribution in [1.29, 1.82) is 0 Å². The standard InChI is InChI=1S/C10H10F2N2O2S.C10H12F2N2S/c11-8-5-7(14(15)16)6-9(12)10(8)13-1-3-17-4-2-13;11-8-5-7(13)6-9(12)10(8)14-1-3-15-4-2-14/h5-6H,1-4H2;5-6H,1-4,13H2/i2*1D2,2D2,3D2,4D2. The van der Waals surface area contributed by atoms with Gasteiger partial charge in [0.1, 0.15) is 11.4 Å². The number of thioether (sulfide) groups is 2. The molecule has 174 valence electrons. The Hall–Kier alpha value is -2.34. The van der Waals surface area contributed by atoms with Gasteiger partial charge in [0.05, 0.1) is 28.0 Å². The molecular weight excluding hydrogens is 468 g/mol. The van der Waals surface area contributed by atoms with E-state index < -0.39 is 94.1 Å². The molecule has 0 saturated carbocycles. The van der Waals surface area contributed by atoms with Crippen LogP contribution in [0.1, 0.15) is 21.9 Å². The lowest BCUT2D eigenvalue weighted by Gasteiger charge is -2.29. The number of rotatable bonds is 3. The second-order valence-electron chi connectivity index (χ2n) is 5.58. The zero-order valence-electron chi connectivity index (χ0n) is 31.4. The molecule has 0 amide bonds. The highest BCUT2D eigenvalue weighted by Gasteiger charge is 2.23. The number of nitro groups is 1. The molecule has 2 heterocycles. The molecule has 0 aliphatic carbocycles. The zero-order chi connectivity index (χ0) is 37.6. The second-order valence-corrected chi connectivity index (χ2v) is 6.80. The van der Waals surface area contributed by atoms with Crippen LogP contribution < -0.4 is 15.5 Å². The van der Waals surface area contributed by atoms with Gasteiger partial charge in [0.15, 0.2) is 23.3 Å². The molecule has 0 spiro atoms. The number of nitrogen functional groups attached to an aromatic ring is 1. The van der Waals surface area contributed by atoms with Gasteiger partial charge in [-0.05, 0) is 12.1 Å². The number of nitro benzene ring substituents is 1. The van der Waals surface area contributed by atoms with Gasteiger partial charge in [0.2, 0.25) is 0 Å². The molecular formula is C20H22F4N4O2S2. The zero-order valence-corrected chi connectivity index (χ0v) is 17.0. The van der Waals surface area contributed by atoms with E-state index in [0.29, 0.717) is 12.1 Å². The van der Waals surface area contributed by atoms with Crippen molar-refractivity contribution in [3.63, 3.8) is 0 Å². The fourth-order valence-electron chi connectivity index (χ4n) is 2.27. The molecule has 12 heteroatoms. The van der Waals surface area contributed by atoms with Crippen molar-refractivity contribution in [1.82, 2.24) is 0 Å². The first-order valence-electron chi connectivity index (χ1n) is 16.1. The summed E-state index contributed by atoms with van der Waals surface area (Å²) in [7, 11) is 0. The van der Waals surface area contributed by atoms with Gasteiger partial charge in [-0.25, -0.2) is 17.6 Å². The molecule has 0 atom stereocenters. The topological polar surface area (TPSA) is 75.6 Å². The van der Waals surface area contributed by atoms with Gasteiger partial charge in [-0.15, -0.1) is 0 Å². The van der Waals surface area contributed by atoms with Crippen LogP contribution in [0, 0.1) is 33.4 Å². The Morgan fingerprint density at radius 2 is 1.16 bits per heavy atom. The molecule has 2 fully saturated rings. The third kappa shape index (κ3) is 5.91. The fraction of sp³-hybridized carbons (Fsp3) is 0.400. The Balaban J connectivity index is 0.000000261. The molecule has 2 aliphatic heterocycles. The Labute approximate surface area is 213 Å². The summed E-state index contributed by atoms with van der Waals surface area (Å²) in [4.78, 5) is 9.04. The number of nitrogens with two attached hydrogens (primary N) is 1. The number of hydrogen-bond acceptors (Lipinski definition) is 7. The molecule has 4 rings (SSSR count). The van der Waals surface area contributed by atoms with E-state index in [9.17, 15) is 27.7 Å². The van der Waals surface area contributed by atoms with Gasteiger partial charge in [0.25, 0.3) is 5.69 Å². The summed E-state index contributed by atoms with van der Waals surface area (Å²) in [5, 5.41) is 10.6. The van der Waals surface area contributed by atoms with Gasteiger partial charge in [-0.3, -0.25) is 10.1 Å². The van der Waals surface area contributed by atoms with Crippen molar-refractivity contribution in [2.75, 3.05) is 64.3 Å². The molecule has 0 bridgehead atoms. The molecule has 2 aromatic rings. The fourth-order valence-corrected chi connectivity index (χ4v) is 2.92. The summed E-state index contributed by atoms with van der Waals surface area (Å²) >= 11 is -0.522. The lowest BCUT2D eigenvalue weighted by Crippen LogP contribution is -2.33. The molecule has 2 aliphatic rings. The summed E-state index contributed by atoms with van der Waals surface area (Å²) in [6.45, 7) is -13.3. The van der Waals surface area contributed by atoms with Crippen LogP contribution in [0.4, 0.5) is 40.3 Å². The van der Waals surface area contributed by atoms with Crippen LogP contribution in [0.3, 0.4) is 0 Å². The SMILES string of the molecule is [2H]C1([2H])SC([2H])([2H])C([2H])([2H])N(c2c(F)cc(N)cc2F)C1([2H])[2H].[2H]C1([2H])SC([2H])([2H])C([2H])([2H])N(c2c(F)cc([N+](=O)[O-])cc2F)C1([2H])[2H]. The Kier molecular flexibility index (Phi) is 3.68. The summed E-state index contributed by atoms with van der Waals surface area (Å²) in [5.74, 6) is -6.29. The van der Waals surface area contributed by atoms with E-state index >= 15 is 0 Å². The van der Waals surface area contributed by atoms with Gasteiger partial charge in [-0.1, -0.05) is 0 Å². The van der Waals surface area contributed by atoms with Gasteiger partial charge < -0.3 is 15.5 Å². The first-order chi connectivity index (χ1) is 21.2. The van der Waals surface area contributed by atoms with Crippen LogP contribution in [0.5, 0.6) is 0 Å². The maximum atomic E-state index is 14.3. The monoisotopic (exact) mass is 506 g/mol. The minimum absolute atomic E-state index is 0.166. The molecule has 2 aromatic carbocycles. The van der Waals surface area contributed by atoms with E-state index in [1.54, 1.807) is 0 Å². The van der Waals surface area contributed by atoms with Crippen molar-refractivity contribution >= 4 is 46.3 Å². The quantitative estimate of drug-likeness (QED) is 0.284. The number of halogens is 4. The highest BCUT2D eigenvalue weighted by Crippen LogP contribution is 2.30. The maximum absolute atomic E-state index is 14.3. The third-order valence-corrected chi connectivity index (χ3v) is 4.31. The number of non-ortho nitro benzene ring substituents is 1. The van der Waals surface area contributed by atoms with Gasteiger partial charge >= 0.3 is 0 Å². The van der Waals surface area contributed by atoms with E-state index in [2.05, 4.69) is 0 Å². The van der Waals surface area contributed by atoms with Crippen molar-refractivity contribution in [2.24, 2.45) is 0 Å². The Morgan fingerprint density at radius 1 is 0.812 bits per heavy atom. The van der Waals surface area contributed by atoms with E-state index in [1.807, 2.05) is 0 Å². The molecule has 0 unspecified atom stereocenters. The van der Waals surface area contributed by atoms with Gasteiger partial charge in [-0.2, -0.15) is 23.5 Å². The Morgan fingerprint density at radius 3 is 1.50 bits per heavy atom. The van der Waals surface area contributed by atoms with Crippen molar-refractivity contribution < 1.29 is 44.4 Å². The molecule has 2 N–H and O–H groups in total. The first kappa shape index (κ1) is 10.7. The predicted octanol–water partition coefficient (Wildman–Crippen LogP) is 4.53. The highest BCUT2D eigenvalue weighted by atomic mass is 32.2. The summed E-state index contributed by atoms with van der Waals surface area (Å²) in [6.07, 6.45) is 0. The van der Waals surface area contributed by atoms with Crippen molar-refractivity contribution in [3.05, 3.63) is 57.6 Å². The lowest BCUT2D eigenvalue weighted by atomic mass is 10.2. The van der Waals surface area contributed by atoms with Crippen LogP contribution in [-0.2, 0) is 0 Å². The third-order valence-electron chi connectivity index (χ3n) is 3.53. The number of benzene rings is 2. The van der Waals surface area contributed by atoms with Crippen LogP contribution in [0.15, 0.2) is 24.3 Å². The van der Waals surface area contributed by atoms with Crippen molar-refractivity contribution in [2.45, 2.75) is 0 Å². The predicted molar refractivity (Wildman–Crippen MR) is 123 cm³/mol. The first-order valence-corrected chi connectivity index (χ1v) is 9.73. The van der Waals surface area contributed by atoms with Crippen LogP contribution in [-0.4, -0.2) is 53.7 Å². The molecule has 2 saturated heterocycles. The van der Waals surface area contributed by atoms with Crippen molar-refractivity contribution in [3.8, 4) is 0 Å². The van der Waals surface area contributed by atoms with Crippen LogP contribution in [0.2, 0.25) is 0 Å². The number of hydrogen-bond donors (Lipinski definition) is 1. The minimum atomic E-state index is -3.38. The molecule has 32 heavy (non-hydrogen) atoms. The average molecular weight is 507 g/mol. The second kappa shape index (κ2) is 11.0. The van der Waals surface area contributed by atoms with E-state index in [4.69, 9.17) is 27.7 Å². The van der Waals surface area contributed by atoms with E-state index in [0.717, 1.165) is 0 Å². The maximum Gasteiger partial charge on any atom is 0.275 e. The molecule has 6 nitrogen and oxygen atoms in total. The van der Waals surface area contributed by atoms with E-state index in [-0.39, 0.29) is 51.1 Å². The Bertz CT molecular complexity index is 1540. The molecule has 0 aromatic heterocycles. The van der Waals surface area contributed by atoms with Crippen LogP contribution in [0.25, 0.3) is 0 Å². The summed E-state index contributed by atoms with van der Waals surface area (Å²) < 4.78 is 181. The number of nitrogens with zero attached hydrogens (tertiary/aromatic N) is 3. The normalized spacial score (nSPS) is 36.4. The summed E-state index contributed by atoms with van der Waals surface area (Å²) in [5.41, 5.74) is -10.9. The average Bonchev–Trinajstić information content (AvgIpc) is 2.84. The summed E-state index contributed by atoms with van der Waals surface area (Å²) in [6, 6.07) is 1.68.